The third-order valence-corrected chi connectivity index (χ3v) is 3.93. The van der Waals surface area contributed by atoms with E-state index in [-0.39, 0.29) is 0 Å². The molecule has 0 saturated heterocycles. The maximum absolute atomic E-state index is 5.76. The van der Waals surface area contributed by atoms with Gasteiger partial charge >= 0.3 is 0 Å². The van der Waals surface area contributed by atoms with Crippen molar-refractivity contribution in [1.29, 1.82) is 0 Å². The molecule has 1 aromatic carbocycles. The molecule has 3 heteroatoms. The van der Waals surface area contributed by atoms with Gasteiger partial charge in [-0.2, -0.15) is 0 Å². The zero-order valence-corrected chi connectivity index (χ0v) is 12.6. The first-order chi connectivity index (χ1) is 10.2. The molecule has 2 aromatic heterocycles. The van der Waals surface area contributed by atoms with Crippen molar-refractivity contribution in [1.82, 2.24) is 9.38 Å². The fourth-order valence-corrected chi connectivity index (χ4v) is 2.81. The highest BCUT2D eigenvalue weighted by atomic mass is 15.0. The molecule has 0 unspecified atom stereocenters. The van der Waals surface area contributed by atoms with Crippen LogP contribution in [-0.2, 0) is 12.8 Å². The van der Waals surface area contributed by atoms with Crippen LogP contribution in [0.15, 0.2) is 42.5 Å². The van der Waals surface area contributed by atoms with E-state index in [2.05, 4.69) is 54.6 Å². The zero-order chi connectivity index (χ0) is 14.8. The van der Waals surface area contributed by atoms with Crippen molar-refractivity contribution >= 4 is 5.65 Å². The molecule has 0 radical (unpaired) electrons. The van der Waals surface area contributed by atoms with Crippen molar-refractivity contribution < 1.29 is 0 Å². The summed E-state index contributed by atoms with van der Waals surface area (Å²) in [5, 5.41) is 0. The number of nitrogens with zero attached hydrogens (tertiary/aromatic N) is 2. The monoisotopic (exact) mass is 279 g/mol. The van der Waals surface area contributed by atoms with Crippen LogP contribution >= 0.6 is 0 Å². The molecule has 108 valence electrons. The van der Waals surface area contributed by atoms with Crippen molar-refractivity contribution in [3.05, 3.63) is 59.4 Å². The lowest BCUT2D eigenvalue weighted by Crippen LogP contribution is -2.04. The van der Waals surface area contributed by atoms with Crippen LogP contribution in [0.2, 0.25) is 0 Å². The quantitative estimate of drug-likeness (QED) is 0.795. The molecule has 21 heavy (non-hydrogen) atoms. The van der Waals surface area contributed by atoms with Crippen LogP contribution in [0.4, 0.5) is 0 Å². The summed E-state index contributed by atoms with van der Waals surface area (Å²) >= 11 is 0. The Labute approximate surface area is 125 Å². The summed E-state index contributed by atoms with van der Waals surface area (Å²) in [6.07, 6.45) is 1.86. The fourth-order valence-electron chi connectivity index (χ4n) is 2.81. The third kappa shape index (κ3) is 2.45. The molecule has 0 aliphatic carbocycles. The Morgan fingerprint density at radius 2 is 1.86 bits per heavy atom. The van der Waals surface area contributed by atoms with Crippen molar-refractivity contribution in [3.63, 3.8) is 0 Å². The summed E-state index contributed by atoms with van der Waals surface area (Å²) in [5.41, 5.74) is 12.8. The summed E-state index contributed by atoms with van der Waals surface area (Å²) in [4.78, 5) is 4.77. The number of aryl methyl sites for hydroxylation is 2. The molecule has 0 atom stereocenters. The van der Waals surface area contributed by atoms with E-state index in [1.807, 2.05) is 6.07 Å². The van der Waals surface area contributed by atoms with Crippen LogP contribution in [-0.4, -0.2) is 15.9 Å². The van der Waals surface area contributed by atoms with E-state index in [0.717, 1.165) is 24.2 Å². The smallest absolute Gasteiger partial charge is 0.137 e. The second kappa shape index (κ2) is 5.70. The van der Waals surface area contributed by atoms with E-state index in [0.29, 0.717) is 6.54 Å². The number of nitrogens with two attached hydrogens (primary N) is 1. The molecule has 0 amide bonds. The molecule has 0 saturated carbocycles. The summed E-state index contributed by atoms with van der Waals surface area (Å²) in [6.45, 7) is 4.90. The molecule has 3 nitrogen and oxygen atoms in total. The average Bonchev–Trinajstić information content (AvgIpc) is 2.87. The molecule has 3 rings (SSSR count). The Morgan fingerprint density at radius 3 is 2.52 bits per heavy atom. The average molecular weight is 279 g/mol. The normalized spacial score (nSPS) is 11.2. The Bertz CT molecular complexity index is 754. The number of benzene rings is 1. The molecule has 0 aliphatic rings. The number of aromatic nitrogens is 2. The fraction of sp³-hybridized carbons (Fsp3) is 0.278. The minimum atomic E-state index is 0.614. The van der Waals surface area contributed by atoms with Crippen LogP contribution in [0.5, 0.6) is 0 Å². The largest absolute Gasteiger partial charge is 0.330 e. The van der Waals surface area contributed by atoms with E-state index in [1.54, 1.807) is 0 Å². The standard InChI is InChI=1S/C18H21N3/c1-3-14-7-9-15(10-8-14)18-16(11-12-19)20-17-6-4-5-13(2)21(17)18/h4-10H,3,11-12,19H2,1-2H3. The van der Waals surface area contributed by atoms with Gasteiger partial charge < -0.3 is 5.73 Å². The second-order valence-corrected chi connectivity index (χ2v) is 5.36. The predicted octanol–water partition coefficient (Wildman–Crippen LogP) is 3.37. The molecular weight excluding hydrogens is 258 g/mol. The first kappa shape index (κ1) is 13.8. The number of fused-ring (bicyclic) bond motifs is 1. The van der Waals surface area contributed by atoms with Gasteiger partial charge in [0.25, 0.3) is 0 Å². The zero-order valence-electron chi connectivity index (χ0n) is 12.6. The van der Waals surface area contributed by atoms with Crippen molar-refractivity contribution in [2.75, 3.05) is 6.54 Å². The van der Waals surface area contributed by atoms with E-state index in [4.69, 9.17) is 10.7 Å². The van der Waals surface area contributed by atoms with E-state index < -0.39 is 0 Å². The first-order valence-corrected chi connectivity index (χ1v) is 7.51. The molecule has 0 fully saturated rings. The minimum absolute atomic E-state index is 0.614. The van der Waals surface area contributed by atoms with Crippen LogP contribution in [0.3, 0.4) is 0 Å². The van der Waals surface area contributed by atoms with Gasteiger partial charge in [-0.1, -0.05) is 37.3 Å². The Morgan fingerprint density at radius 1 is 1.10 bits per heavy atom. The second-order valence-electron chi connectivity index (χ2n) is 5.36. The maximum atomic E-state index is 5.76. The topological polar surface area (TPSA) is 43.3 Å². The Kier molecular flexibility index (Phi) is 3.76. The molecule has 0 spiro atoms. The minimum Gasteiger partial charge on any atom is -0.330 e. The highest BCUT2D eigenvalue weighted by molar-refractivity contribution is 5.68. The molecule has 2 heterocycles. The van der Waals surface area contributed by atoms with Crippen molar-refractivity contribution in [2.24, 2.45) is 5.73 Å². The first-order valence-electron chi connectivity index (χ1n) is 7.51. The lowest BCUT2D eigenvalue weighted by molar-refractivity contribution is 0.938. The summed E-state index contributed by atoms with van der Waals surface area (Å²) in [6, 6.07) is 15.0. The Hall–Kier alpha value is -2.13. The van der Waals surface area contributed by atoms with Gasteiger partial charge in [0.2, 0.25) is 0 Å². The number of pyridine rings is 1. The number of imidazole rings is 1. The lowest BCUT2D eigenvalue weighted by Gasteiger charge is -2.08. The summed E-state index contributed by atoms with van der Waals surface area (Å²) in [7, 11) is 0. The van der Waals surface area contributed by atoms with Gasteiger partial charge in [-0.25, -0.2) is 4.98 Å². The molecule has 3 aromatic rings. The van der Waals surface area contributed by atoms with Gasteiger partial charge in [0.1, 0.15) is 5.65 Å². The predicted molar refractivity (Wildman–Crippen MR) is 87.5 cm³/mol. The van der Waals surface area contributed by atoms with E-state index >= 15 is 0 Å². The maximum Gasteiger partial charge on any atom is 0.137 e. The summed E-state index contributed by atoms with van der Waals surface area (Å²) in [5.74, 6) is 0. The van der Waals surface area contributed by atoms with E-state index in [1.165, 1.54) is 22.5 Å². The van der Waals surface area contributed by atoms with Gasteiger partial charge in [-0.05, 0) is 37.6 Å². The molecule has 0 aliphatic heterocycles. The number of hydrogen-bond acceptors (Lipinski definition) is 2. The van der Waals surface area contributed by atoms with Crippen molar-refractivity contribution in [3.8, 4) is 11.3 Å². The van der Waals surface area contributed by atoms with Crippen LogP contribution in [0.1, 0.15) is 23.9 Å². The summed E-state index contributed by atoms with van der Waals surface area (Å²) < 4.78 is 2.23. The van der Waals surface area contributed by atoms with Gasteiger partial charge in [0.05, 0.1) is 11.4 Å². The number of rotatable bonds is 4. The SMILES string of the molecule is CCc1ccc(-c2c(CCN)nc3cccc(C)n23)cc1. The van der Waals surface area contributed by atoms with Crippen molar-refractivity contribution in [2.45, 2.75) is 26.7 Å². The Balaban J connectivity index is 2.24. The van der Waals surface area contributed by atoms with Crippen LogP contribution < -0.4 is 5.73 Å². The van der Waals surface area contributed by atoms with Crippen LogP contribution in [0.25, 0.3) is 16.9 Å². The highest BCUT2D eigenvalue weighted by Crippen LogP contribution is 2.27. The van der Waals surface area contributed by atoms with Gasteiger partial charge in [-0.15, -0.1) is 0 Å². The van der Waals surface area contributed by atoms with E-state index in [9.17, 15) is 0 Å². The highest BCUT2D eigenvalue weighted by Gasteiger charge is 2.14. The number of hydrogen-bond donors (Lipinski definition) is 1. The van der Waals surface area contributed by atoms with Crippen LogP contribution in [0, 0.1) is 6.92 Å². The lowest BCUT2D eigenvalue weighted by atomic mass is 10.0. The molecule has 0 bridgehead atoms. The van der Waals surface area contributed by atoms with Gasteiger partial charge in [-0.3, -0.25) is 4.40 Å². The van der Waals surface area contributed by atoms with Gasteiger partial charge in [0.15, 0.2) is 0 Å². The molecular formula is C18H21N3. The molecule has 2 N–H and O–H groups in total. The van der Waals surface area contributed by atoms with Gasteiger partial charge in [0, 0.05) is 17.7 Å². The third-order valence-electron chi connectivity index (χ3n) is 3.93.